The van der Waals surface area contributed by atoms with Crippen LogP contribution >= 0.6 is 0 Å². The van der Waals surface area contributed by atoms with E-state index in [0.717, 1.165) is 25.2 Å². The van der Waals surface area contributed by atoms with Gasteiger partial charge in [0.15, 0.2) is 0 Å². The number of anilines is 1. The van der Waals surface area contributed by atoms with Crippen molar-refractivity contribution in [2.24, 2.45) is 0 Å². The number of rotatable bonds is 3. The highest BCUT2D eigenvalue weighted by molar-refractivity contribution is 5.78. The summed E-state index contributed by atoms with van der Waals surface area (Å²) in [5, 5.41) is 0. The van der Waals surface area contributed by atoms with E-state index in [4.69, 9.17) is 4.74 Å². The summed E-state index contributed by atoms with van der Waals surface area (Å²) in [5.74, 6) is 0.639. The smallest absolute Gasteiger partial charge is 0.372 e. The average Bonchev–Trinajstić information content (AvgIpc) is 2.86. The molecule has 6 nitrogen and oxygen atoms in total. The number of hydrogen-bond acceptors (Lipinski definition) is 5. The van der Waals surface area contributed by atoms with Crippen LogP contribution in [0.3, 0.4) is 0 Å². The van der Waals surface area contributed by atoms with E-state index >= 15 is 0 Å². The van der Waals surface area contributed by atoms with Gasteiger partial charge in [0.05, 0.1) is 24.3 Å². The molecule has 0 spiro atoms. The minimum Gasteiger partial charge on any atom is -0.372 e. The van der Waals surface area contributed by atoms with Gasteiger partial charge in [0, 0.05) is 45.5 Å². The lowest BCUT2D eigenvalue weighted by Gasteiger charge is -2.36. The van der Waals surface area contributed by atoms with Gasteiger partial charge in [-0.1, -0.05) is 0 Å². The van der Waals surface area contributed by atoms with Crippen molar-refractivity contribution in [2.75, 3.05) is 50.7 Å². The summed E-state index contributed by atoms with van der Waals surface area (Å²) >= 11 is 0. The molecule has 0 bridgehead atoms. The fourth-order valence-electron chi connectivity index (χ4n) is 3.77. The molecule has 3 rings (SSSR count). The third-order valence-electron chi connectivity index (χ3n) is 5.12. The van der Waals surface area contributed by atoms with Crippen molar-refractivity contribution in [2.45, 2.75) is 38.7 Å². The fraction of sp³-hybridized carbons (Fsp3) is 0.684. The van der Waals surface area contributed by atoms with Gasteiger partial charge in [0.25, 0.3) is 0 Å². The Bertz CT molecular complexity index is 658. The van der Waals surface area contributed by atoms with Crippen molar-refractivity contribution in [1.82, 2.24) is 14.8 Å². The van der Waals surface area contributed by atoms with E-state index in [9.17, 15) is 18.0 Å². The molecule has 1 aromatic heterocycles. The summed E-state index contributed by atoms with van der Waals surface area (Å²) in [7, 11) is 0. The number of ether oxygens (including phenoxy) is 1. The van der Waals surface area contributed by atoms with Crippen LogP contribution in [0.5, 0.6) is 0 Å². The number of nitrogens with zero attached hydrogens (tertiary/aromatic N) is 4. The van der Waals surface area contributed by atoms with E-state index in [0.29, 0.717) is 45.1 Å². The summed E-state index contributed by atoms with van der Waals surface area (Å²) in [6.45, 7) is 8.29. The lowest BCUT2D eigenvalue weighted by molar-refractivity contribution is -0.144. The number of pyridine rings is 1. The average molecular weight is 400 g/mol. The first-order chi connectivity index (χ1) is 13.2. The normalized spacial score (nSPS) is 24.9. The Hall–Kier alpha value is -1.87. The van der Waals surface area contributed by atoms with Crippen LogP contribution in [0.4, 0.5) is 19.0 Å². The highest BCUT2D eigenvalue weighted by Crippen LogP contribution is 2.29. The molecule has 0 aliphatic carbocycles. The molecule has 1 amide bonds. The standard InChI is InChI=1S/C19H27F3N4O2/c1-14-11-26(12-15(2)28-14)18(27)13-24-6-3-7-25(9-8-24)17-5-4-16(10-23-17)19(20,21)22/h4-5,10,14-15H,3,6-9,11-13H2,1-2H3. The van der Waals surface area contributed by atoms with E-state index < -0.39 is 11.7 Å². The Labute approximate surface area is 163 Å². The molecule has 1 aromatic rings. The quantitative estimate of drug-likeness (QED) is 0.779. The summed E-state index contributed by atoms with van der Waals surface area (Å²) < 4.78 is 43.8. The van der Waals surface area contributed by atoms with Gasteiger partial charge < -0.3 is 14.5 Å². The number of amides is 1. The van der Waals surface area contributed by atoms with Crippen molar-refractivity contribution in [3.05, 3.63) is 23.9 Å². The van der Waals surface area contributed by atoms with Crippen molar-refractivity contribution in [1.29, 1.82) is 0 Å². The number of carbonyl (C=O) groups excluding carboxylic acids is 1. The van der Waals surface area contributed by atoms with Gasteiger partial charge >= 0.3 is 6.18 Å². The first kappa shape index (κ1) is 20.9. The second kappa shape index (κ2) is 8.65. The van der Waals surface area contributed by atoms with Gasteiger partial charge in [0.2, 0.25) is 5.91 Å². The predicted octanol–water partition coefficient (Wildman–Crippen LogP) is 2.25. The summed E-state index contributed by atoms with van der Waals surface area (Å²) in [5.41, 5.74) is -0.743. The molecular weight excluding hydrogens is 373 g/mol. The third-order valence-corrected chi connectivity index (χ3v) is 5.12. The number of morpholine rings is 1. The number of alkyl halides is 3. The lowest BCUT2D eigenvalue weighted by Crippen LogP contribution is -2.51. The lowest BCUT2D eigenvalue weighted by atomic mass is 10.2. The molecule has 2 saturated heterocycles. The van der Waals surface area contributed by atoms with Gasteiger partial charge in [-0.3, -0.25) is 9.69 Å². The Morgan fingerprint density at radius 2 is 1.86 bits per heavy atom. The summed E-state index contributed by atoms with van der Waals surface area (Å²) in [6, 6.07) is 2.48. The number of aromatic nitrogens is 1. The van der Waals surface area contributed by atoms with E-state index in [1.807, 2.05) is 23.6 Å². The van der Waals surface area contributed by atoms with Gasteiger partial charge in [-0.15, -0.1) is 0 Å². The highest BCUT2D eigenvalue weighted by Gasteiger charge is 2.31. The molecule has 2 fully saturated rings. The molecule has 156 valence electrons. The minimum absolute atomic E-state index is 0.0399. The summed E-state index contributed by atoms with van der Waals surface area (Å²) in [6.07, 6.45) is -2.60. The largest absolute Gasteiger partial charge is 0.417 e. The van der Waals surface area contributed by atoms with Crippen LogP contribution in [0.2, 0.25) is 0 Å². The second-order valence-corrected chi connectivity index (χ2v) is 7.58. The van der Waals surface area contributed by atoms with Crippen molar-refractivity contribution >= 4 is 11.7 Å². The fourth-order valence-corrected chi connectivity index (χ4v) is 3.77. The van der Waals surface area contributed by atoms with Crippen molar-refractivity contribution in [3.8, 4) is 0 Å². The summed E-state index contributed by atoms with van der Waals surface area (Å²) in [4.78, 5) is 22.6. The van der Waals surface area contributed by atoms with Crippen LogP contribution in [0.1, 0.15) is 25.8 Å². The number of carbonyl (C=O) groups is 1. The third kappa shape index (κ3) is 5.35. The minimum atomic E-state index is -4.38. The molecule has 2 atom stereocenters. The maximum absolute atomic E-state index is 12.7. The van der Waals surface area contributed by atoms with Crippen molar-refractivity contribution in [3.63, 3.8) is 0 Å². The molecule has 9 heteroatoms. The van der Waals surface area contributed by atoms with E-state index in [1.165, 1.54) is 6.07 Å². The molecular formula is C19H27F3N4O2. The van der Waals surface area contributed by atoms with Crippen LogP contribution in [-0.2, 0) is 15.7 Å². The monoisotopic (exact) mass is 400 g/mol. The maximum Gasteiger partial charge on any atom is 0.417 e. The molecule has 0 radical (unpaired) electrons. The van der Waals surface area contributed by atoms with E-state index in [2.05, 4.69) is 9.88 Å². The Morgan fingerprint density at radius 1 is 1.14 bits per heavy atom. The van der Waals surface area contributed by atoms with Gasteiger partial charge in [-0.2, -0.15) is 13.2 Å². The molecule has 3 heterocycles. The van der Waals surface area contributed by atoms with Crippen LogP contribution in [0.15, 0.2) is 18.3 Å². The Morgan fingerprint density at radius 3 is 2.46 bits per heavy atom. The molecule has 0 N–H and O–H groups in total. The molecule has 2 aliphatic heterocycles. The van der Waals surface area contributed by atoms with Gasteiger partial charge in [0.1, 0.15) is 5.82 Å². The van der Waals surface area contributed by atoms with E-state index in [1.54, 1.807) is 0 Å². The SMILES string of the molecule is CC1CN(C(=O)CN2CCCN(c3ccc(C(F)(F)F)cn3)CC2)CC(C)O1. The van der Waals surface area contributed by atoms with Crippen LogP contribution in [0, 0.1) is 0 Å². The Balaban J connectivity index is 1.54. The topological polar surface area (TPSA) is 48.9 Å². The molecule has 0 aromatic carbocycles. The van der Waals surface area contributed by atoms with Crippen molar-refractivity contribution < 1.29 is 22.7 Å². The van der Waals surface area contributed by atoms with Crippen LogP contribution in [-0.4, -0.2) is 78.7 Å². The zero-order chi connectivity index (χ0) is 20.3. The zero-order valence-corrected chi connectivity index (χ0v) is 16.3. The molecule has 2 aliphatic rings. The van der Waals surface area contributed by atoms with E-state index in [-0.39, 0.29) is 18.1 Å². The highest BCUT2D eigenvalue weighted by atomic mass is 19.4. The molecule has 0 saturated carbocycles. The zero-order valence-electron chi connectivity index (χ0n) is 16.3. The predicted molar refractivity (Wildman–Crippen MR) is 99.1 cm³/mol. The first-order valence-electron chi connectivity index (χ1n) is 9.66. The Kier molecular flexibility index (Phi) is 6.44. The number of halogens is 3. The maximum atomic E-state index is 12.7. The molecule has 28 heavy (non-hydrogen) atoms. The van der Waals surface area contributed by atoms with Crippen LogP contribution < -0.4 is 4.90 Å². The first-order valence-corrected chi connectivity index (χ1v) is 9.66. The second-order valence-electron chi connectivity index (χ2n) is 7.58. The van der Waals surface area contributed by atoms with Gasteiger partial charge in [-0.05, 0) is 32.4 Å². The van der Waals surface area contributed by atoms with Gasteiger partial charge in [-0.25, -0.2) is 4.98 Å². The number of hydrogen-bond donors (Lipinski definition) is 0. The van der Waals surface area contributed by atoms with Crippen LogP contribution in [0.25, 0.3) is 0 Å². The molecule has 2 unspecified atom stereocenters.